The first kappa shape index (κ1) is 12.9. The van der Waals surface area contributed by atoms with E-state index in [9.17, 15) is 9.59 Å². The zero-order valence-electron chi connectivity index (χ0n) is 10.5. The second-order valence-electron chi connectivity index (χ2n) is 4.14. The van der Waals surface area contributed by atoms with E-state index in [4.69, 9.17) is 0 Å². The second kappa shape index (κ2) is 5.40. The van der Waals surface area contributed by atoms with Gasteiger partial charge in [0.2, 0.25) is 0 Å². The molecule has 0 fully saturated rings. The first-order valence-electron chi connectivity index (χ1n) is 5.90. The van der Waals surface area contributed by atoms with Gasteiger partial charge < -0.3 is 4.90 Å². The van der Waals surface area contributed by atoms with Crippen LogP contribution in [0.25, 0.3) is 0 Å². The molecule has 1 heterocycles. The minimum absolute atomic E-state index is 0.0159. The van der Waals surface area contributed by atoms with Crippen molar-refractivity contribution in [3.63, 3.8) is 0 Å². The van der Waals surface area contributed by atoms with Crippen LogP contribution in [0.1, 0.15) is 20.3 Å². The van der Waals surface area contributed by atoms with E-state index in [2.05, 4.69) is 4.90 Å². The van der Waals surface area contributed by atoms with Crippen molar-refractivity contribution in [1.82, 2.24) is 0 Å². The van der Waals surface area contributed by atoms with Crippen LogP contribution in [0.2, 0.25) is 0 Å². The molecule has 18 heavy (non-hydrogen) atoms. The molecular formula is C14H15NO2S. The summed E-state index contributed by atoms with van der Waals surface area (Å²) < 4.78 is 0. The van der Waals surface area contributed by atoms with Gasteiger partial charge in [0.1, 0.15) is 5.78 Å². The van der Waals surface area contributed by atoms with Gasteiger partial charge in [-0.25, -0.2) is 0 Å². The van der Waals surface area contributed by atoms with Gasteiger partial charge in [0.15, 0.2) is 5.78 Å². The van der Waals surface area contributed by atoms with E-state index in [0.29, 0.717) is 0 Å². The molecule has 0 bridgehead atoms. The van der Waals surface area contributed by atoms with E-state index >= 15 is 0 Å². The number of carbonyl (C=O) groups excluding carboxylic acids is 2. The van der Waals surface area contributed by atoms with E-state index in [1.807, 2.05) is 31.2 Å². The molecule has 1 aromatic carbocycles. The summed E-state index contributed by atoms with van der Waals surface area (Å²) in [4.78, 5) is 25.9. The van der Waals surface area contributed by atoms with Crippen molar-refractivity contribution in [2.75, 3.05) is 11.4 Å². The molecule has 0 saturated heterocycles. The van der Waals surface area contributed by atoms with Crippen molar-refractivity contribution in [3.8, 4) is 0 Å². The molecular weight excluding hydrogens is 246 g/mol. The fourth-order valence-corrected chi connectivity index (χ4v) is 3.10. The molecule has 94 valence electrons. The summed E-state index contributed by atoms with van der Waals surface area (Å²) in [5, 5.41) is 0.907. The first-order chi connectivity index (χ1) is 8.61. The topological polar surface area (TPSA) is 37.4 Å². The summed E-state index contributed by atoms with van der Waals surface area (Å²) in [6.07, 6.45) is 1.56. The van der Waals surface area contributed by atoms with Crippen LogP contribution >= 0.6 is 11.8 Å². The Hall–Kier alpha value is -1.55. The van der Waals surface area contributed by atoms with E-state index in [0.717, 1.165) is 22.2 Å². The monoisotopic (exact) mass is 261 g/mol. The predicted molar refractivity (Wildman–Crippen MR) is 73.7 cm³/mol. The molecule has 0 amide bonds. The quantitative estimate of drug-likeness (QED) is 0.617. The van der Waals surface area contributed by atoms with Gasteiger partial charge >= 0.3 is 0 Å². The molecule has 0 atom stereocenters. The molecule has 3 nitrogen and oxygen atoms in total. The number of allylic oxidation sites excluding steroid dienone is 1. The lowest BCUT2D eigenvalue weighted by molar-refractivity contribution is -0.123. The Morgan fingerprint density at radius 3 is 2.72 bits per heavy atom. The predicted octanol–water partition coefficient (Wildman–Crippen LogP) is 3.01. The normalized spacial score (nSPS) is 15.9. The molecule has 0 unspecified atom stereocenters. The van der Waals surface area contributed by atoms with Gasteiger partial charge in [-0.1, -0.05) is 23.9 Å². The lowest BCUT2D eigenvalue weighted by Gasteiger charge is -2.17. The van der Waals surface area contributed by atoms with E-state index in [1.165, 1.54) is 6.92 Å². The maximum absolute atomic E-state index is 11.7. The van der Waals surface area contributed by atoms with E-state index in [-0.39, 0.29) is 18.0 Å². The van der Waals surface area contributed by atoms with Gasteiger partial charge in [-0.15, -0.1) is 0 Å². The molecule has 4 heteroatoms. The van der Waals surface area contributed by atoms with Crippen LogP contribution in [0.3, 0.4) is 0 Å². The summed E-state index contributed by atoms with van der Waals surface area (Å²) in [5.41, 5.74) is 1.13. The largest absolute Gasteiger partial charge is 0.335 e. The average molecular weight is 261 g/mol. The van der Waals surface area contributed by atoms with Crippen LogP contribution in [0.4, 0.5) is 5.69 Å². The number of para-hydroxylation sites is 1. The Morgan fingerprint density at radius 1 is 1.33 bits per heavy atom. The third-order valence-electron chi connectivity index (χ3n) is 2.66. The highest BCUT2D eigenvalue weighted by Crippen LogP contribution is 2.45. The highest BCUT2D eigenvalue weighted by molar-refractivity contribution is 8.03. The van der Waals surface area contributed by atoms with Gasteiger partial charge in [-0.3, -0.25) is 9.59 Å². The third-order valence-corrected chi connectivity index (χ3v) is 3.77. The van der Waals surface area contributed by atoms with Crippen molar-refractivity contribution < 1.29 is 9.59 Å². The smallest absolute Gasteiger partial charge is 0.165 e. The van der Waals surface area contributed by atoms with Crippen molar-refractivity contribution in [2.45, 2.75) is 25.2 Å². The maximum atomic E-state index is 11.7. The Kier molecular flexibility index (Phi) is 3.87. The molecule has 1 aliphatic heterocycles. The molecule has 0 N–H and O–H groups in total. The van der Waals surface area contributed by atoms with Gasteiger partial charge in [0, 0.05) is 17.5 Å². The number of rotatable bonds is 4. The lowest BCUT2D eigenvalue weighted by atomic mass is 10.2. The number of hydrogen-bond acceptors (Lipinski definition) is 4. The molecule has 0 spiro atoms. The Bertz CT molecular complexity index is 522. The van der Waals surface area contributed by atoms with Gasteiger partial charge in [-0.2, -0.15) is 0 Å². The number of Topliss-reactive ketones (excluding diaryl/α,β-unsaturated/α-hetero) is 1. The Balaban J connectivity index is 2.24. The molecule has 2 rings (SSSR count). The second-order valence-corrected chi connectivity index (χ2v) is 5.20. The number of nitrogens with zero attached hydrogens (tertiary/aromatic N) is 1. The number of ketones is 2. The van der Waals surface area contributed by atoms with Crippen molar-refractivity contribution in [3.05, 3.63) is 35.4 Å². The third kappa shape index (κ3) is 2.64. The zero-order chi connectivity index (χ0) is 13.1. The Labute approximate surface area is 111 Å². The van der Waals surface area contributed by atoms with Gasteiger partial charge in [0.25, 0.3) is 0 Å². The van der Waals surface area contributed by atoms with E-state index in [1.54, 1.807) is 17.8 Å². The van der Waals surface area contributed by atoms with Crippen molar-refractivity contribution >= 4 is 29.0 Å². The number of benzene rings is 1. The van der Waals surface area contributed by atoms with Gasteiger partial charge in [-0.05, 0) is 26.0 Å². The molecule has 0 radical (unpaired) electrons. The van der Waals surface area contributed by atoms with Crippen molar-refractivity contribution in [1.29, 1.82) is 0 Å². The summed E-state index contributed by atoms with van der Waals surface area (Å²) in [7, 11) is 0. The van der Waals surface area contributed by atoms with E-state index < -0.39 is 0 Å². The first-order valence-corrected chi connectivity index (χ1v) is 6.72. The number of fused-ring (bicyclic) bond motifs is 1. The highest BCUT2D eigenvalue weighted by Gasteiger charge is 2.23. The van der Waals surface area contributed by atoms with Crippen LogP contribution < -0.4 is 4.90 Å². The zero-order valence-corrected chi connectivity index (χ0v) is 11.3. The summed E-state index contributed by atoms with van der Waals surface area (Å²) in [6, 6.07) is 8.06. The number of thioether (sulfide) groups is 1. The highest BCUT2D eigenvalue weighted by atomic mass is 32.2. The van der Waals surface area contributed by atoms with Crippen LogP contribution in [-0.2, 0) is 9.59 Å². The fourth-order valence-electron chi connectivity index (χ4n) is 1.92. The van der Waals surface area contributed by atoms with Crippen LogP contribution in [-0.4, -0.2) is 18.1 Å². The van der Waals surface area contributed by atoms with Crippen LogP contribution in [0, 0.1) is 0 Å². The number of carbonyl (C=O) groups is 2. The van der Waals surface area contributed by atoms with Crippen LogP contribution in [0.15, 0.2) is 40.3 Å². The summed E-state index contributed by atoms with van der Waals surface area (Å²) in [5.74, 6) is -0.225. The van der Waals surface area contributed by atoms with Crippen LogP contribution in [0.5, 0.6) is 0 Å². The maximum Gasteiger partial charge on any atom is 0.165 e. The lowest BCUT2D eigenvalue weighted by Crippen LogP contribution is -2.17. The summed E-state index contributed by atoms with van der Waals surface area (Å²) in [6.45, 7) is 4.29. The molecule has 1 aliphatic rings. The fraction of sp³-hybridized carbons (Fsp3) is 0.286. The molecule has 0 aromatic heterocycles. The SMILES string of the molecule is CCN1C(=CC(=O)CC(C)=O)Sc2ccccc21. The molecule has 0 aliphatic carbocycles. The minimum Gasteiger partial charge on any atom is -0.335 e. The summed E-state index contributed by atoms with van der Waals surface area (Å²) >= 11 is 1.58. The standard InChI is InChI=1S/C14H15NO2S/c1-3-15-12-6-4-5-7-13(12)18-14(15)9-11(17)8-10(2)16/h4-7,9H,3,8H2,1-2H3. The molecule has 1 aromatic rings. The molecule has 0 saturated carbocycles. The van der Waals surface area contributed by atoms with Gasteiger partial charge in [0.05, 0.1) is 17.1 Å². The number of hydrogen-bond donors (Lipinski definition) is 0. The Morgan fingerprint density at radius 2 is 2.06 bits per heavy atom. The van der Waals surface area contributed by atoms with Crippen molar-refractivity contribution in [2.24, 2.45) is 0 Å². The number of anilines is 1. The minimum atomic E-state index is -0.128. The average Bonchev–Trinajstić information content (AvgIpc) is 2.64.